The molecular formula is C26H29NO6. The van der Waals surface area contributed by atoms with Crippen molar-refractivity contribution in [2.75, 3.05) is 13.7 Å². The monoisotopic (exact) mass is 451 g/mol. The van der Waals surface area contributed by atoms with Crippen LogP contribution in [0.15, 0.2) is 29.3 Å². The Bertz CT molecular complexity index is 1190. The summed E-state index contributed by atoms with van der Waals surface area (Å²) < 4.78 is 17.1. The number of carboxylic acid groups (broad SMARTS) is 1. The average molecular weight is 452 g/mol. The number of nitrogens with zero attached hydrogens (tertiary/aromatic N) is 1. The van der Waals surface area contributed by atoms with Crippen LogP contribution in [0.3, 0.4) is 0 Å². The van der Waals surface area contributed by atoms with E-state index >= 15 is 0 Å². The lowest BCUT2D eigenvalue weighted by Gasteiger charge is -2.31. The Labute approximate surface area is 193 Å². The van der Waals surface area contributed by atoms with E-state index in [0.29, 0.717) is 24.3 Å². The molecule has 0 amide bonds. The summed E-state index contributed by atoms with van der Waals surface area (Å²) in [6, 6.07) is 6.72. The molecule has 0 atom stereocenters. The van der Waals surface area contributed by atoms with Crippen LogP contribution in [0.25, 0.3) is 0 Å². The number of carboxylic acids is 1. The summed E-state index contributed by atoms with van der Waals surface area (Å²) in [7, 11) is 1.23. The molecule has 2 aromatic carbocycles. The van der Waals surface area contributed by atoms with Crippen LogP contribution in [-0.2, 0) is 17.6 Å². The van der Waals surface area contributed by atoms with Crippen molar-refractivity contribution in [3.05, 3.63) is 57.6 Å². The molecule has 33 heavy (non-hydrogen) atoms. The van der Waals surface area contributed by atoms with Crippen molar-refractivity contribution in [1.29, 1.82) is 0 Å². The summed E-state index contributed by atoms with van der Waals surface area (Å²) in [6.07, 6.45) is 1.40. The number of aromatic carboxylic acids is 1. The molecule has 0 bridgehead atoms. The zero-order valence-electron chi connectivity index (χ0n) is 19.9. The summed E-state index contributed by atoms with van der Waals surface area (Å²) in [5.74, 6) is -0.439. The van der Waals surface area contributed by atoms with E-state index in [9.17, 15) is 14.7 Å². The largest absolute Gasteiger partial charge is 0.490 e. The fraction of sp³-hybridized carbons (Fsp3) is 0.423. The predicted octanol–water partition coefficient (Wildman–Crippen LogP) is 4.46. The molecule has 0 saturated carbocycles. The van der Waals surface area contributed by atoms with Crippen molar-refractivity contribution >= 4 is 17.7 Å². The number of carbonyl (C=O) groups is 2. The second kappa shape index (κ2) is 7.90. The highest BCUT2D eigenvalue weighted by molar-refractivity contribution is 6.17. The number of benzene rings is 2. The van der Waals surface area contributed by atoms with E-state index in [1.807, 2.05) is 26.8 Å². The molecule has 4 rings (SSSR count). The fourth-order valence-electron chi connectivity index (χ4n) is 4.70. The van der Waals surface area contributed by atoms with Gasteiger partial charge in [0.1, 0.15) is 5.60 Å². The van der Waals surface area contributed by atoms with Crippen molar-refractivity contribution in [3.63, 3.8) is 0 Å². The summed E-state index contributed by atoms with van der Waals surface area (Å²) in [5, 5.41) is 9.55. The van der Waals surface area contributed by atoms with Gasteiger partial charge in [-0.15, -0.1) is 0 Å². The Morgan fingerprint density at radius 1 is 1.12 bits per heavy atom. The fourth-order valence-corrected chi connectivity index (χ4v) is 4.70. The van der Waals surface area contributed by atoms with E-state index in [4.69, 9.17) is 19.2 Å². The van der Waals surface area contributed by atoms with Gasteiger partial charge >= 0.3 is 11.9 Å². The first kappa shape index (κ1) is 22.8. The van der Waals surface area contributed by atoms with Gasteiger partial charge in [0.2, 0.25) is 0 Å². The van der Waals surface area contributed by atoms with Crippen LogP contribution >= 0.6 is 0 Å². The number of hydrogen-bond donors (Lipinski definition) is 1. The number of fused-ring (bicyclic) bond motifs is 3. The highest BCUT2D eigenvalue weighted by atomic mass is 16.5. The first-order valence-electron chi connectivity index (χ1n) is 11.0. The van der Waals surface area contributed by atoms with Crippen LogP contribution in [-0.4, -0.2) is 47.6 Å². The molecule has 0 aromatic heterocycles. The maximum atomic E-state index is 12.4. The molecule has 7 heteroatoms. The number of hydrogen-bond acceptors (Lipinski definition) is 6. The molecule has 2 heterocycles. The minimum atomic E-state index is -1.19. The lowest BCUT2D eigenvalue weighted by Crippen LogP contribution is -2.31. The molecule has 0 aliphatic carbocycles. The Morgan fingerprint density at radius 3 is 2.48 bits per heavy atom. The van der Waals surface area contributed by atoms with Gasteiger partial charge in [0, 0.05) is 23.1 Å². The van der Waals surface area contributed by atoms with Crippen LogP contribution in [0.5, 0.6) is 11.5 Å². The first-order chi connectivity index (χ1) is 15.5. The summed E-state index contributed by atoms with van der Waals surface area (Å²) in [4.78, 5) is 29.1. The third-order valence-corrected chi connectivity index (χ3v) is 5.91. The van der Waals surface area contributed by atoms with Gasteiger partial charge in [-0.1, -0.05) is 6.07 Å². The van der Waals surface area contributed by atoms with E-state index in [1.54, 1.807) is 12.1 Å². The zero-order chi connectivity index (χ0) is 24.1. The normalized spacial score (nSPS) is 17.3. The van der Waals surface area contributed by atoms with E-state index in [0.717, 1.165) is 34.6 Å². The summed E-state index contributed by atoms with van der Waals surface area (Å²) >= 11 is 0. The molecule has 2 aliphatic rings. The van der Waals surface area contributed by atoms with E-state index in [-0.39, 0.29) is 11.1 Å². The van der Waals surface area contributed by atoms with Gasteiger partial charge in [-0.3, -0.25) is 4.99 Å². The number of ether oxygens (including phenoxy) is 3. The molecule has 0 fully saturated rings. The van der Waals surface area contributed by atoms with Gasteiger partial charge in [-0.25, -0.2) is 9.59 Å². The van der Waals surface area contributed by atoms with E-state index in [1.165, 1.54) is 13.2 Å². The maximum absolute atomic E-state index is 12.4. The highest BCUT2D eigenvalue weighted by Crippen LogP contribution is 2.48. The molecule has 0 unspecified atom stereocenters. The molecule has 1 N–H and O–H groups in total. The molecule has 0 radical (unpaired) electrons. The molecule has 0 spiro atoms. The first-order valence-corrected chi connectivity index (χ1v) is 11.0. The summed E-state index contributed by atoms with van der Waals surface area (Å²) in [6.45, 7) is 10.7. The van der Waals surface area contributed by atoms with Crippen molar-refractivity contribution in [3.8, 4) is 11.5 Å². The standard InChI is InChI=1S/C26H29NO6/c1-7-32-19-11-15-12-25(2,3)27-21(20(15)18-13-26(4,5)33-22(18)19)14-8-9-16(23(28)29)17(10-14)24(30)31-6/h8-11H,7,12-13H2,1-6H3,(H,28,29). The number of aliphatic imine (C=N–C) groups is 1. The van der Waals surface area contributed by atoms with Gasteiger partial charge in [-0.2, -0.15) is 0 Å². The molecular weight excluding hydrogens is 422 g/mol. The second-order valence-electron chi connectivity index (χ2n) is 9.69. The third kappa shape index (κ3) is 4.08. The van der Waals surface area contributed by atoms with Crippen LogP contribution in [0.1, 0.15) is 77.6 Å². The maximum Gasteiger partial charge on any atom is 0.338 e. The Hall–Kier alpha value is -3.35. The average Bonchev–Trinajstić information content (AvgIpc) is 3.06. The van der Waals surface area contributed by atoms with Crippen LogP contribution < -0.4 is 9.47 Å². The molecule has 2 aromatic rings. The Balaban J connectivity index is 1.97. The SMILES string of the molecule is CCOc1cc2c(c3c1OC(C)(C)C3)C(c1ccc(C(=O)O)c(C(=O)OC)c1)=NC(C)(C)C2. The lowest BCUT2D eigenvalue weighted by atomic mass is 9.80. The lowest BCUT2D eigenvalue weighted by molar-refractivity contribution is 0.0582. The van der Waals surface area contributed by atoms with E-state index in [2.05, 4.69) is 13.8 Å². The van der Waals surface area contributed by atoms with Crippen molar-refractivity contribution in [2.24, 2.45) is 4.99 Å². The van der Waals surface area contributed by atoms with Crippen LogP contribution in [0.4, 0.5) is 0 Å². The number of carbonyl (C=O) groups excluding carboxylic acids is 1. The Morgan fingerprint density at radius 2 is 1.85 bits per heavy atom. The van der Waals surface area contributed by atoms with Crippen LogP contribution in [0, 0.1) is 0 Å². The molecule has 7 nitrogen and oxygen atoms in total. The molecule has 0 saturated heterocycles. The minimum absolute atomic E-state index is 0.00529. The number of rotatable bonds is 5. The van der Waals surface area contributed by atoms with Gasteiger partial charge in [0.05, 0.1) is 36.1 Å². The highest BCUT2D eigenvalue weighted by Gasteiger charge is 2.40. The smallest absolute Gasteiger partial charge is 0.338 e. The van der Waals surface area contributed by atoms with Crippen molar-refractivity contribution in [1.82, 2.24) is 0 Å². The zero-order valence-corrected chi connectivity index (χ0v) is 19.9. The Kier molecular flexibility index (Phi) is 5.47. The topological polar surface area (TPSA) is 94.4 Å². The number of methoxy groups -OCH3 is 1. The minimum Gasteiger partial charge on any atom is -0.490 e. The molecule has 174 valence electrons. The quantitative estimate of drug-likeness (QED) is 0.675. The van der Waals surface area contributed by atoms with Gasteiger partial charge in [0.15, 0.2) is 11.5 Å². The summed E-state index contributed by atoms with van der Waals surface area (Å²) in [5.41, 5.74) is 3.55. The van der Waals surface area contributed by atoms with Crippen LogP contribution in [0.2, 0.25) is 0 Å². The van der Waals surface area contributed by atoms with Gasteiger partial charge in [0.25, 0.3) is 0 Å². The number of esters is 1. The van der Waals surface area contributed by atoms with Gasteiger partial charge < -0.3 is 19.3 Å². The predicted molar refractivity (Wildman–Crippen MR) is 124 cm³/mol. The van der Waals surface area contributed by atoms with Gasteiger partial charge in [-0.05, 0) is 64.8 Å². The molecule has 2 aliphatic heterocycles. The van der Waals surface area contributed by atoms with Crippen molar-refractivity contribution in [2.45, 2.75) is 58.6 Å². The third-order valence-electron chi connectivity index (χ3n) is 5.91. The second-order valence-corrected chi connectivity index (χ2v) is 9.69. The van der Waals surface area contributed by atoms with Crippen molar-refractivity contribution < 1.29 is 28.9 Å². The van der Waals surface area contributed by atoms with E-state index < -0.39 is 23.1 Å².